The monoisotopic (exact) mass is 429 g/mol. The normalized spacial score (nSPS) is 15.6. The van der Waals surface area contributed by atoms with Crippen LogP contribution in [0, 0.1) is 5.92 Å². The number of carbonyl (C=O) groups is 2. The number of hydrogen-bond acceptors (Lipinski definition) is 5. The quantitative estimate of drug-likeness (QED) is 0.439. The zero-order valence-electron chi connectivity index (χ0n) is 18.2. The summed E-state index contributed by atoms with van der Waals surface area (Å²) in [4.78, 5) is 26.0. The molecule has 0 fully saturated rings. The van der Waals surface area contributed by atoms with Crippen LogP contribution in [0.1, 0.15) is 72.3 Å². The fraction of sp³-hybridized carbons (Fsp3) is 0.500. The van der Waals surface area contributed by atoms with Crippen LogP contribution in [-0.4, -0.2) is 25.6 Å². The highest BCUT2D eigenvalue weighted by Crippen LogP contribution is 2.40. The molecule has 0 aliphatic heterocycles. The Morgan fingerprint density at radius 3 is 2.63 bits per heavy atom. The first-order chi connectivity index (χ1) is 14.4. The number of thiophene rings is 1. The molecule has 1 aliphatic carbocycles. The lowest BCUT2D eigenvalue weighted by atomic mass is 9.88. The van der Waals surface area contributed by atoms with Gasteiger partial charge in [0.05, 0.1) is 19.3 Å². The molecule has 5 nitrogen and oxygen atoms in total. The Morgan fingerprint density at radius 1 is 1.23 bits per heavy atom. The maximum absolute atomic E-state index is 12.5. The van der Waals surface area contributed by atoms with Crippen molar-refractivity contribution < 1.29 is 19.1 Å². The molecule has 30 heavy (non-hydrogen) atoms. The van der Waals surface area contributed by atoms with Crippen LogP contribution in [0.3, 0.4) is 0 Å². The van der Waals surface area contributed by atoms with E-state index in [4.69, 9.17) is 9.47 Å². The molecule has 1 aromatic carbocycles. The third kappa shape index (κ3) is 5.42. The number of carbonyl (C=O) groups excluding carboxylic acids is 2. The van der Waals surface area contributed by atoms with Gasteiger partial charge in [0, 0.05) is 11.3 Å². The van der Waals surface area contributed by atoms with Crippen molar-refractivity contribution in [2.75, 3.05) is 19.0 Å². The number of methoxy groups -OCH3 is 1. The summed E-state index contributed by atoms with van der Waals surface area (Å²) in [6, 6.07) is 8.07. The summed E-state index contributed by atoms with van der Waals surface area (Å²) in [7, 11) is 1.38. The molecule has 0 spiro atoms. The lowest BCUT2D eigenvalue weighted by Crippen LogP contribution is -2.16. The number of ether oxygens (including phenoxy) is 2. The van der Waals surface area contributed by atoms with Crippen molar-refractivity contribution in [2.24, 2.45) is 5.92 Å². The van der Waals surface area contributed by atoms with Gasteiger partial charge in [-0.25, -0.2) is 4.79 Å². The highest BCUT2D eigenvalue weighted by atomic mass is 32.1. The summed E-state index contributed by atoms with van der Waals surface area (Å²) in [5, 5.41) is 3.56. The fourth-order valence-corrected chi connectivity index (χ4v) is 5.13. The maximum atomic E-state index is 12.5. The van der Waals surface area contributed by atoms with Gasteiger partial charge in [0.15, 0.2) is 0 Å². The molecule has 1 amide bonds. The highest BCUT2D eigenvalue weighted by Gasteiger charge is 2.28. The highest BCUT2D eigenvalue weighted by molar-refractivity contribution is 7.17. The fourth-order valence-electron chi connectivity index (χ4n) is 3.72. The van der Waals surface area contributed by atoms with Crippen LogP contribution in [0.25, 0.3) is 0 Å². The first-order valence-corrected chi connectivity index (χ1v) is 11.5. The van der Waals surface area contributed by atoms with E-state index in [2.05, 4.69) is 38.2 Å². The van der Waals surface area contributed by atoms with Gasteiger partial charge in [0.1, 0.15) is 10.8 Å². The number of anilines is 1. The zero-order chi connectivity index (χ0) is 21.7. The summed E-state index contributed by atoms with van der Waals surface area (Å²) in [5.41, 5.74) is 2.86. The first kappa shape index (κ1) is 22.3. The molecule has 1 atom stereocenters. The Hall–Kier alpha value is -2.34. The average Bonchev–Trinajstić information content (AvgIpc) is 3.07. The topological polar surface area (TPSA) is 64.6 Å². The second-order valence-electron chi connectivity index (χ2n) is 8.27. The lowest BCUT2D eigenvalue weighted by Gasteiger charge is -2.18. The summed E-state index contributed by atoms with van der Waals surface area (Å²) in [6.07, 6.45) is 3.80. The predicted molar refractivity (Wildman–Crippen MR) is 121 cm³/mol. The number of fused-ring (bicyclic) bond motifs is 1. The minimum Gasteiger partial charge on any atom is -0.494 e. The van der Waals surface area contributed by atoms with E-state index in [0.29, 0.717) is 41.8 Å². The van der Waals surface area contributed by atoms with E-state index in [1.165, 1.54) is 28.9 Å². The summed E-state index contributed by atoms with van der Waals surface area (Å²) in [5.74, 6) is 1.42. The van der Waals surface area contributed by atoms with Gasteiger partial charge >= 0.3 is 5.97 Å². The van der Waals surface area contributed by atoms with Crippen LogP contribution >= 0.6 is 11.3 Å². The summed E-state index contributed by atoms with van der Waals surface area (Å²) >= 11 is 1.51. The van der Waals surface area contributed by atoms with Crippen molar-refractivity contribution in [1.29, 1.82) is 0 Å². The van der Waals surface area contributed by atoms with Crippen molar-refractivity contribution in [3.8, 4) is 5.75 Å². The third-order valence-electron chi connectivity index (χ3n) is 5.52. The second-order valence-corrected chi connectivity index (χ2v) is 9.38. The number of hydrogen-bond donors (Lipinski definition) is 1. The molecule has 2 aromatic rings. The largest absolute Gasteiger partial charge is 0.494 e. The molecular formula is C24H31NO4S. The van der Waals surface area contributed by atoms with E-state index < -0.39 is 0 Å². The molecule has 1 aliphatic rings. The Balaban J connectivity index is 1.54. The average molecular weight is 430 g/mol. The molecule has 1 unspecified atom stereocenters. The van der Waals surface area contributed by atoms with E-state index in [1.807, 2.05) is 12.1 Å². The summed E-state index contributed by atoms with van der Waals surface area (Å²) < 4.78 is 10.7. The van der Waals surface area contributed by atoms with Crippen LogP contribution in [0.4, 0.5) is 5.00 Å². The van der Waals surface area contributed by atoms with E-state index in [0.717, 1.165) is 30.6 Å². The van der Waals surface area contributed by atoms with Crippen molar-refractivity contribution in [1.82, 2.24) is 0 Å². The first-order valence-electron chi connectivity index (χ1n) is 10.6. The molecule has 0 saturated heterocycles. The molecule has 6 heteroatoms. The molecule has 1 aromatic heterocycles. The van der Waals surface area contributed by atoms with E-state index in [-0.39, 0.29) is 11.9 Å². The third-order valence-corrected chi connectivity index (χ3v) is 6.69. The lowest BCUT2D eigenvalue weighted by molar-refractivity contribution is -0.116. The second kappa shape index (κ2) is 10.1. The van der Waals surface area contributed by atoms with Crippen LogP contribution in [0.5, 0.6) is 5.75 Å². The van der Waals surface area contributed by atoms with Gasteiger partial charge in [-0.3, -0.25) is 4.79 Å². The van der Waals surface area contributed by atoms with Gasteiger partial charge in [-0.05, 0) is 60.8 Å². The molecule has 0 radical (unpaired) electrons. The maximum Gasteiger partial charge on any atom is 0.341 e. The minimum atomic E-state index is -0.370. The van der Waals surface area contributed by atoms with Gasteiger partial charge in [-0.15, -0.1) is 11.3 Å². The molecule has 1 N–H and O–H groups in total. The Kier molecular flexibility index (Phi) is 7.53. The Bertz CT molecular complexity index is 885. The minimum absolute atomic E-state index is 0.106. The predicted octanol–water partition coefficient (Wildman–Crippen LogP) is 5.58. The smallest absolute Gasteiger partial charge is 0.341 e. The van der Waals surface area contributed by atoms with Crippen LogP contribution in [0.15, 0.2) is 24.3 Å². The van der Waals surface area contributed by atoms with Crippen LogP contribution in [-0.2, 0) is 22.4 Å². The van der Waals surface area contributed by atoms with Gasteiger partial charge in [-0.2, -0.15) is 0 Å². The van der Waals surface area contributed by atoms with Gasteiger partial charge in [-0.1, -0.05) is 32.9 Å². The molecule has 0 bridgehead atoms. The SMILES string of the molecule is COC(=O)c1c(NC(=O)CCCOc2ccc(C(C)C)cc2)sc2c1CCC(C)C2. The Labute approximate surface area is 182 Å². The zero-order valence-corrected chi connectivity index (χ0v) is 19.1. The standard InChI is InChI=1S/C24H31NO4S/c1-15(2)17-8-10-18(11-9-17)29-13-5-6-21(26)25-23-22(24(27)28-4)19-12-7-16(3)14-20(19)30-23/h8-11,15-16H,5-7,12-14H2,1-4H3,(H,25,26). The van der Waals surface area contributed by atoms with E-state index in [1.54, 1.807) is 0 Å². The number of benzene rings is 1. The van der Waals surface area contributed by atoms with Crippen molar-refractivity contribution in [2.45, 2.75) is 58.8 Å². The van der Waals surface area contributed by atoms with Crippen LogP contribution < -0.4 is 10.1 Å². The molecule has 1 heterocycles. The van der Waals surface area contributed by atoms with Gasteiger partial charge < -0.3 is 14.8 Å². The number of rotatable bonds is 8. The molecule has 3 rings (SSSR count). The number of esters is 1. The van der Waals surface area contributed by atoms with Crippen molar-refractivity contribution in [3.05, 3.63) is 45.8 Å². The Morgan fingerprint density at radius 2 is 1.97 bits per heavy atom. The molecule has 0 saturated carbocycles. The van der Waals surface area contributed by atoms with E-state index in [9.17, 15) is 9.59 Å². The van der Waals surface area contributed by atoms with E-state index >= 15 is 0 Å². The van der Waals surface area contributed by atoms with Gasteiger partial charge in [0.25, 0.3) is 0 Å². The van der Waals surface area contributed by atoms with Crippen molar-refractivity contribution >= 4 is 28.2 Å². The van der Waals surface area contributed by atoms with Crippen LogP contribution in [0.2, 0.25) is 0 Å². The molecule has 162 valence electrons. The van der Waals surface area contributed by atoms with Gasteiger partial charge in [0.2, 0.25) is 5.91 Å². The number of amides is 1. The summed E-state index contributed by atoms with van der Waals surface area (Å²) in [6.45, 7) is 7.00. The van der Waals surface area contributed by atoms with Crippen molar-refractivity contribution in [3.63, 3.8) is 0 Å². The number of nitrogens with one attached hydrogen (secondary N) is 1. The molecular weight excluding hydrogens is 398 g/mol.